The van der Waals surface area contributed by atoms with E-state index in [9.17, 15) is 4.79 Å². The van der Waals surface area contributed by atoms with Gasteiger partial charge in [0.2, 0.25) is 0 Å². The first kappa shape index (κ1) is 18.4. The number of aldehydes is 1. The topological polar surface area (TPSA) is 35.5 Å². The lowest BCUT2D eigenvalue weighted by molar-refractivity contribution is -0.125. The van der Waals surface area contributed by atoms with Crippen molar-refractivity contribution in [1.82, 2.24) is 0 Å². The van der Waals surface area contributed by atoms with E-state index in [2.05, 4.69) is 17.7 Å². The Kier molecular flexibility index (Phi) is 14.2. The molecule has 0 fully saturated rings. The highest BCUT2D eigenvalue weighted by molar-refractivity contribution is 5.60. The number of ether oxygens (including phenoxy) is 2. The van der Waals surface area contributed by atoms with Crippen LogP contribution < -0.4 is 0 Å². The van der Waals surface area contributed by atoms with E-state index in [-0.39, 0.29) is 0 Å². The van der Waals surface area contributed by atoms with Gasteiger partial charge in [0.15, 0.2) is 6.29 Å². The largest absolute Gasteiger partial charge is 0.385 e. The molecular formula is C14H26O3. The van der Waals surface area contributed by atoms with Gasteiger partial charge in [0.05, 0.1) is 6.61 Å². The fourth-order valence-electron chi connectivity index (χ4n) is 0.646. The second-order valence-corrected chi connectivity index (χ2v) is 3.87. The smallest absolute Gasteiger partial charge is 0.151 e. The van der Waals surface area contributed by atoms with Gasteiger partial charge in [0.1, 0.15) is 5.60 Å². The molecule has 0 unspecified atom stereocenters. The van der Waals surface area contributed by atoms with E-state index in [0.717, 1.165) is 19.3 Å². The Morgan fingerprint density at radius 2 is 1.65 bits per heavy atom. The summed E-state index contributed by atoms with van der Waals surface area (Å²) >= 11 is 0. The molecule has 3 heteroatoms. The van der Waals surface area contributed by atoms with Crippen molar-refractivity contribution < 1.29 is 14.3 Å². The van der Waals surface area contributed by atoms with E-state index in [0.29, 0.717) is 6.61 Å². The summed E-state index contributed by atoms with van der Waals surface area (Å²) in [4.78, 5) is 10.4. The predicted octanol–water partition coefficient (Wildman–Crippen LogP) is 3.16. The third-order valence-corrected chi connectivity index (χ3v) is 1.74. The zero-order valence-corrected chi connectivity index (χ0v) is 11.7. The van der Waals surface area contributed by atoms with Crippen LogP contribution in [-0.4, -0.2) is 32.2 Å². The van der Waals surface area contributed by atoms with Gasteiger partial charge in [-0.2, -0.15) is 0 Å². The Morgan fingerprint density at radius 1 is 1.12 bits per heavy atom. The van der Waals surface area contributed by atoms with Crippen molar-refractivity contribution in [2.75, 3.05) is 20.3 Å². The molecule has 3 nitrogen and oxygen atoms in total. The SMILES string of the molecule is CC/C=C\C=C/COC(C)(C)C=O.CCOC. The number of hydrogen-bond donors (Lipinski definition) is 0. The molecule has 0 aliphatic heterocycles. The van der Waals surface area contributed by atoms with Crippen LogP contribution in [0.15, 0.2) is 24.3 Å². The fraction of sp³-hybridized carbons (Fsp3) is 0.643. The first-order valence-corrected chi connectivity index (χ1v) is 5.94. The number of carbonyl (C=O) groups is 1. The molecule has 0 radical (unpaired) electrons. The molecule has 0 saturated carbocycles. The Bertz CT molecular complexity index is 216. The van der Waals surface area contributed by atoms with Gasteiger partial charge in [-0.1, -0.05) is 31.2 Å². The molecule has 0 aliphatic rings. The van der Waals surface area contributed by atoms with Crippen molar-refractivity contribution in [1.29, 1.82) is 0 Å². The van der Waals surface area contributed by atoms with Crippen LogP contribution in [0.2, 0.25) is 0 Å². The van der Waals surface area contributed by atoms with Gasteiger partial charge in [-0.25, -0.2) is 0 Å². The number of rotatable bonds is 7. The molecule has 0 aromatic rings. The lowest BCUT2D eigenvalue weighted by Gasteiger charge is -2.15. The van der Waals surface area contributed by atoms with Crippen LogP contribution >= 0.6 is 0 Å². The van der Waals surface area contributed by atoms with Crippen LogP contribution in [0.5, 0.6) is 0 Å². The second kappa shape index (κ2) is 13.1. The van der Waals surface area contributed by atoms with Gasteiger partial charge in [-0.15, -0.1) is 0 Å². The van der Waals surface area contributed by atoms with Crippen LogP contribution in [0, 0.1) is 0 Å². The lowest BCUT2D eigenvalue weighted by Crippen LogP contribution is -2.25. The number of methoxy groups -OCH3 is 1. The van der Waals surface area contributed by atoms with Gasteiger partial charge < -0.3 is 14.3 Å². The summed E-state index contributed by atoms with van der Waals surface area (Å²) in [6.07, 6.45) is 9.67. The third kappa shape index (κ3) is 17.7. The maximum atomic E-state index is 10.4. The standard InChI is InChI=1S/C11H18O2.C3H8O/c1-4-5-6-7-8-9-13-11(2,3)10-12;1-3-4-2/h5-8,10H,4,9H2,1-3H3;3H2,1-2H3/b6-5-,8-7-;. The molecule has 0 amide bonds. The molecule has 0 spiro atoms. The molecule has 100 valence electrons. The summed E-state index contributed by atoms with van der Waals surface area (Å²) < 4.78 is 9.81. The van der Waals surface area contributed by atoms with Gasteiger partial charge in [0, 0.05) is 13.7 Å². The Balaban J connectivity index is 0. The molecule has 0 saturated heterocycles. The highest BCUT2D eigenvalue weighted by Crippen LogP contribution is 2.03. The zero-order chi connectivity index (χ0) is 13.6. The molecule has 17 heavy (non-hydrogen) atoms. The van der Waals surface area contributed by atoms with Crippen LogP contribution in [0.4, 0.5) is 0 Å². The van der Waals surface area contributed by atoms with Gasteiger partial charge in [-0.3, -0.25) is 0 Å². The van der Waals surface area contributed by atoms with E-state index in [1.165, 1.54) is 0 Å². The summed E-state index contributed by atoms with van der Waals surface area (Å²) in [5.41, 5.74) is -0.668. The molecule has 0 aromatic carbocycles. The summed E-state index contributed by atoms with van der Waals surface area (Å²) in [7, 11) is 1.68. The van der Waals surface area contributed by atoms with Crippen LogP contribution in [0.3, 0.4) is 0 Å². The number of carbonyl (C=O) groups excluding carboxylic acids is 1. The lowest BCUT2D eigenvalue weighted by atomic mass is 10.2. The van der Waals surface area contributed by atoms with Gasteiger partial charge >= 0.3 is 0 Å². The van der Waals surface area contributed by atoms with Gasteiger partial charge in [0.25, 0.3) is 0 Å². The Morgan fingerprint density at radius 3 is 2.06 bits per heavy atom. The minimum Gasteiger partial charge on any atom is -0.385 e. The predicted molar refractivity (Wildman–Crippen MR) is 72.2 cm³/mol. The number of hydrogen-bond acceptors (Lipinski definition) is 3. The first-order valence-electron chi connectivity index (χ1n) is 5.94. The Labute approximate surface area is 105 Å². The minimum absolute atomic E-state index is 0.472. The monoisotopic (exact) mass is 242 g/mol. The summed E-state index contributed by atoms with van der Waals surface area (Å²) in [6, 6.07) is 0. The molecule has 0 aromatic heterocycles. The molecule has 0 N–H and O–H groups in total. The normalized spacial score (nSPS) is 11.6. The summed E-state index contributed by atoms with van der Waals surface area (Å²) in [5, 5.41) is 0. The van der Waals surface area contributed by atoms with Crippen molar-refractivity contribution in [2.24, 2.45) is 0 Å². The minimum atomic E-state index is -0.668. The van der Waals surface area contributed by atoms with Crippen molar-refractivity contribution in [3.8, 4) is 0 Å². The maximum Gasteiger partial charge on any atom is 0.151 e. The van der Waals surface area contributed by atoms with E-state index < -0.39 is 5.60 Å². The fourth-order valence-corrected chi connectivity index (χ4v) is 0.646. The van der Waals surface area contributed by atoms with Crippen LogP contribution in [0.25, 0.3) is 0 Å². The maximum absolute atomic E-state index is 10.4. The molecule has 0 aliphatic carbocycles. The van der Waals surface area contributed by atoms with Crippen molar-refractivity contribution in [3.05, 3.63) is 24.3 Å². The van der Waals surface area contributed by atoms with Crippen molar-refractivity contribution >= 4 is 6.29 Å². The van der Waals surface area contributed by atoms with E-state index in [4.69, 9.17) is 4.74 Å². The van der Waals surface area contributed by atoms with E-state index in [1.54, 1.807) is 21.0 Å². The molecule has 0 rings (SSSR count). The summed E-state index contributed by atoms with van der Waals surface area (Å²) in [5.74, 6) is 0. The number of allylic oxidation sites excluding steroid dienone is 3. The van der Waals surface area contributed by atoms with Crippen molar-refractivity contribution in [2.45, 2.75) is 39.7 Å². The highest BCUT2D eigenvalue weighted by Gasteiger charge is 2.14. The quantitative estimate of drug-likeness (QED) is 0.508. The summed E-state index contributed by atoms with van der Waals surface area (Å²) in [6.45, 7) is 8.82. The van der Waals surface area contributed by atoms with E-state index in [1.807, 2.05) is 25.2 Å². The average Bonchev–Trinajstić information content (AvgIpc) is 2.34. The van der Waals surface area contributed by atoms with Gasteiger partial charge in [-0.05, 0) is 27.2 Å². The zero-order valence-electron chi connectivity index (χ0n) is 11.7. The third-order valence-electron chi connectivity index (χ3n) is 1.74. The molecule has 0 atom stereocenters. The first-order chi connectivity index (χ1) is 8.04. The van der Waals surface area contributed by atoms with Crippen LogP contribution in [-0.2, 0) is 14.3 Å². The average molecular weight is 242 g/mol. The Hall–Kier alpha value is -0.930. The molecule has 0 heterocycles. The molecular weight excluding hydrogens is 216 g/mol. The second-order valence-electron chi connectivity index (χ2n) is 3.87. The van der Waals surface area contributed by atoms with E-state index >= 15 is 0 Å². The van der Waals surface area contributed by atoms with Crippen molar-refractivity contribution in [3.63, 3.8) is 0 Å². The molecule has 0 bridgehead atoms. The highest BCUT2D eigenvalue weighted by atomic mass is 16.5. The van der Waals surface area contributed by atoms with Crippen LogP contribution in [0.1, 0.15) is 34.1 Å².